The zero-order valence-electron chi connectivity index (χ0n) is 13.6. The zero-order chi connectivity index (χ0) is 16.5. The molecule has 0 radical (unpaired) electrons. The fourth-order valence-corrected chi connectivity index (χ4v) is 4.34. The number of carbonyl (C=O) groups is 1. The van der Waals surface area contributed by atoms with Gasteiger partial charge < -0.3 is 11.1 Å². The highest BCUT2D eigenvalue weighted by Crippen LogP contribution is 2.42. The Morgan fingerprint density at radius 3 is 2.75 bits per heavy atom. The van der Waals surface area contributed by atoms with E-state index >= 15 is 0 Å². The number of anilines is 1. The van der Waals surface area contributed by atoms with Crippen molar-refractivity contribution in [1.82, 2.24) is 15.2 Å². The van der Waals surface area contributed by atoms with Gasteiger partial charge in [-0.15, -0.1) is 0 Å². The molecule has 2 aromatic rings. The van der Waals surface area contributed by atoms with Crippen molar-refractivity contribution in [3.8, 4) is 11.4 Å². The van der Waals surface area contributed by atoms with Crippen molar-refractivity contribution in [3.05, 3.63) is 30.6 Å². The first-order valence-corrected chi connectivity index (χ1v) is 8.73. The minimum atomic E-state index is 0.0778. The molecule has 2 atom stereocenters. The van der Waals surface area contributed by atoms with Gasteiger partial charge in [0.15, 0.2) is 5.82 Å². The molecule has 1 heterocycles. The number of nitrogens with two attached hydrogens (primary N) is 1. The van der Waals surface area contributed by atoms with Crippen molar-refractivity contribution < 1.29 is 4.79 Å². The number of amides is 1. The number of carbonyl (C=O) groups excluding carboxylic acids is 1. The van der Waals surface area contributed by atoms with E-state index in [1.165, 1.54) is 25.6 Å². The highest BCUT2D eigenvalue weighted by atomic mass is 16.1. The Morgan fingerprint density at radius 2 is 2.04 bits per heavy atom. The molecule has 0 saturated heterocycles. The standard InChI is InChI=1S/C18H23N5O/c19-16-11-3-1-4-12(16)8-14(7-11)18(24)22-15-6-2-5-13(9-15)17-20-10-21-23-17/h2,5-6,9-12,14,16H,1,3-4,7-8,19H2,(H,22,24)(H,20,21,23). The number of H-pyrrole nitrogens is 1. The molecule has 6 nitrogen and oxygen atoms in total. The Labute approximate surface area is 141 Å². The number of aromatic nitrogens is 3. The van der Waals surface area contributed by atoms with E-state index in [1.807, 2.05) is 24.3 Å². The number of aromatic amines is 1. The fourth-order valence-electron chi connectivity index (χ4n) is 4.34. The third-order valence-corrected chi connectivity index (χ3v) is 5.60. The monoisotopic (exact) mass is 325 g/mol. The molecule has 2 fully saturated rings. The second kappa shape index (κ2) is 6.36. The van der Waals surface area contributed by atoms with E-state index in [0.717, 1.165) is 24.1 Å². The normalized spacial score (nSPS) is 29.2. The molecule has 126 valence electrons. The van der Waals surface area contributed by atoms with Gasteiger partial charge >= 0.3 is 0 Å². The summed E-state index contributed by atoms with van der Waals surface area (Å²) in [6, 6.07) is 7.98. The Kier molecular flexibility index (Phi) is 4.06. The highest BCUT2D eigenvalue weighted by molar-refractivity contribution is 5.93. The van der Waals surface area contributed by atoms with Crippen molar-refractivity contribution in [2.45, 2.75) is 38.1 Å². The van der Waals surface area contributed by atoms with Crippen LogP contribution in [0.3, 0.4) is 0 Å². The largest absolute Gasteiger partial charge is 0.327 e. The van der Waals surface area contributed by atoms with Crippen molar-refractivity contribution in [3.63, 3.8) is 0 Å². The predicted molar refractivity (Wildman–Crippen MR) is 92.0 cm³/mol. The Morgan fingerprint density at radius 1 is 1.25 bits per heavy atom. The van der Waals surface area contributed by atoms with Crippen LogP contribution >= 0.6 is 0 Å². The first kappa shape index (κ1) is 15.3. The average molecular weight is 325 g/mol. The minimum Gasteiger partial charge on any atom is -0.327 e. The van der Waals surface area contributed by atoms with Crippen LogP contribution in [0.4, 0.5) is 5.69 Å². The Bertz CT molecular complexity index is 700. The van der Waals surface area contributed by atoms with E-state index in [2.05, 4.69) is 20.5 Å². The van der Waals surface area contributed by atoms with Gasteiger partial charge in [0.25, 0.3) is 0 Å². The molecule has 1 aromatic carbocycles. The maximum absolute atomic E-state index is 12.7. The van der Waals surface area contributed by atoms with Gasteiger partial charge in [0.1, 0.15) is 6.33 Å². The van der Waals surface area contributed by atoms with Crippen molar-refractivity contribution in [2.24, 2.45) is 23.5 Å². The van der Waals surface area contributed by atoms with Gasteiger partial charge in [0.05, 0.1) is 0 Å². The summed E-state index contributed by atoms with van der Waals surface area (Å²) in [5.74, 6) is 1.91. The number of benzene rings is 1. The molecule has 4 rings (SSSR count). The van der Waals surface area contributed by atoms with Crippen LogP contribution < -0.4 is 11.1 Å². The predicted octanol–water partition coefficient (Wildman–Crippen LogP) is 2.56. The summed E-state index contributed by atoms with van der Waals surface area (Å²) in [4.78, 5) is 16.9. The van der Waals surface area contributed by atoms with Gasteiger partial charge in [0, 0.05) is 23.2 Å². The molecular formula is C18H23N5O. The van der Waals surface area contributed by atoms with Crippen molar-refractivity contribution in [1.29, 1.82) is 0 Å². The second-order valence-electron chi connectivity index (χ2n) is 7.10. The number of hydrogen-bond donors (Lipinski definition) is 3. The number of rotatable bonds is 3. The summed E-state index contributed by atoms with van der Waals surface area (Å²) in [6.45, 7) is 0. The molecule has 1 amide bonds. The molecule has 0 aliphatic heterocycles. The van der Waals surface area contributed by atoms with Crippen LogP contribution in [0, 0.1) is 17.8 Å². The van der Waals surface area contributed by atoms with Crippen LogP contribution in [0.1, 0.15) is 32.1 Å². The second-order valence-corrected chi connectivity index (χ2v) is 7.10. The summed E-state index contributed by atoms with van der Waals surface area (Å²) < 4.78 is 0. The maximum Gasteiger partial charge on any atom is 0.227 e. The van der Waals surface area contributed by atoms with Crippen LogP contribution in [0.5, 0.6) is 0 Å². The Hall–Kier alpha value is -2.21. The highest BCUT2D eigenvalue weighted by Gasteiger charge is 2.40. The molecular weight excluding hydrogens is 302 g/mol. The lowest BCUT2D eigenvalue weighted by Gasteiger charge is -2.43. The molecule has 2 unspecified atom stereocenters. The molecule has 2 saturated carbocycles. The van der Waals surface area contributed by atoms with Crippen molar-refractivity contribution >= 4 is 11.6 Å². The van der Waals surface area contributed by atoms with Crippen LogP contribution in [-0.2, 0) is 4.79 Å². The van der Waals surface area contributed by atoms with Crippen molar-refractivity contribution in [2.75, 3.05) is 5.32 Å². The molecule has 2 aliphatic carbocycles. The number of nitrogens with one attached hydrogen (secondary N) is 2. The van der Waals surface area contributed by atoms with Crippen LogP contribution in [0.15, 0.2) is 30.6 Å². The summed E-state index contributed by atoms with van der Waals surface area (Å²) in [7, 11) is 0. The first-order chi connectivity index (χ1) is 11.7. The zero-order valence-corrected chi connectivity index (χ0v) is 13.6. The van der Waals surface area contributed by atoms with Crippen LogP contribution in [0.25, 0.3) is 11.4 Å². The molecule has 2 bridgehead atoms. The van der Waals surface area contributed by atoms with Gasteiger partial charge in [-0.3, -0.25) is 9.89 Å². The fraction of sp³-hybridized carbons (Fsp3) is 0.500. The van der Waals surface area contributed by atoms with E-state index in [0.29, 0.717) is 17.7 Å². The van der Waals surface area contributed by atoms with Gasteiger partial charge in [0.2, 0.25) is 5.91 Å². The number of nitrogens with zero attached hydrogens (tertiary/aromatic N) is 2. The van der Waals surface area contributed by atoms with Gasteiger partial charge in [-0.25, -0.2) is 4.98 Å². The summed E-state index contributed by atoms with van der Waals surface area (Å²) >= 11 is 0. The van der Waals surface area contributed by atoms with E-state index in [4.69, 9.17) is 5.73 Å². The maximum atomic E-state index is 12.7. The molecule has 1 aromatic heterocycles. The van der Waals surface area contributed by atoms with Crippen LogP contribution in [0.2, 0.25) is 0 Å². The smallest absolute Gasteiger partial charge is 0.227 e. The quantitative estimate of drug-likeness (QED) is 0.808. The summed E-state index contributed by atoms with van der Waals surface area (Å²) in [5, 5.41) is 9.78. The summed E-state index contributed by atoms with van der Waals surface area (Å²) in [5.41, 5.74) is 8.04. The van der Waals surface area contributed by atoms with Gasteiger partial charge in [-0.2, -0.15) is 5.10 Å². The summed E-state index contributed by atoms with van der Waals surface area (Å²) in [6.07, 6.45) is 6.92. The topological polar surface area (TPSA) is 96.7 Å². The lowest BCUT2D eigenvalue weighted by atomic mass is 9.65. The number of hydrogen-bond acceptors (Lipinski definition) is 4. The van der Waals surface area contributed by atoms with E-state index in [1.54, 1.807) is 0 Å². The lowest BCUT2D eigenvalue weighted by molar-refractivity contribution is -0.122. The van der Waals surface area contributed by atoms with E-state index < -0.39 is 0 Å². The number of fused-ring (bicyclic) bond motifs is 2. The molecule has 24 heavy (non-hydrogen) atoms. The third-order valence-electron chi connectivity index (χ3n) is 5.60. The van der Waals surface area contributed by atoms with Crippen LogP contribution in [-0.4, -0.2) is 27.1 Å². The molecule has 4 N–H and O–H groups in total. The first-order valence-electron chi connectivity index (χ1n) is 8.73. The molecule has 6 heteroatoms. The minimum absolute atomic E-state index is 0.0778. The molecule has 2 aliphatic rings. The Balaban J connectivity index is 1.46. The van der Waals surface area contributed by atoms with Gasteiger partial charge in [-0.1, -0.05) is 18.6 Å². The third kappa shape index (κ3) is 2.94. The molecule has 0 spiro atoms. The van der Waals surface area contributed by atoms with E-state index in [9.17, 15) is 4.79 Å². The van der Waals surface area contributed by atoms with Gasteiger partial charge in [-0.05, 0) is 49.7 Å². The SMILES string of the molecule is NC1C2CCCC1CC(C(=O)Nc1cccc(-c3ncn[nH]3)c1)C2. The average Bonchev–Trinajstić information content (AvgIpc) is 3.09. The van der Waals surface area contributed by atoms with E-state index in [-0.39, 0.29) is 17.9 Å². The lowest BCUT2D eigenvalue weighted by Crippen LogP contribution is -2.48.